The van der Waals surface area contributed by atoms with Crippen molar-refractivity contribution >= 4 is 6.29 Å². The lowest BCUT2D eigenvalue weighted by atomic mass is 9.75. The van der Waals surface area contributed by atoms with E-state index < -0.39 is 0 Å². The second kappa shape index (κ2) is 5.32. The third-order valence-corrected chi connectivity index (χ3v) is 5.13. The van der Waals surface area contributed by atoms with Crippen LogP contribution in [0.25, 0.3) is 0 Å². The molecule has 104 valence electrons. The zero-order valence-electron chi connectivity index (χ0n) is 12.4. The Kier molecular flexibility index (Phi) is 4.15. The average molecular weight is 251 g/mol. The Bertz CT molecular complexity index is 286. The van der Waals surface area contributed by atoms with Gasteiger partial charge in [-0.1, -0.05) is 40.0 Å². The Morgan fingerprint density at radius 3 is 2.39 bits per heavy atom. The minimum absolute atomic E-state index is 0.00890. The lowest BCUT2D eigenvalue weighted by Gasteiger charge is -2.36. The lowest BCUT2D eigenvalue weighted by Crippen LogP contribution is -2.40. The van der Waals surface area contributed by atoms with E-state index >= 15 is 0 Å². The number of carbonyl (C=O) groups excluding carboxylic acids is 1. The van der Waals surface area contributed by atoms with Gasteiger partial charge in [0, 0.05) is 18.5 Å². The smallest absolute Gasteiger partial charge is 0.127 e. The molecule has 0 amide bonds. The maximum atomic E-state index is 11.5. The van der Waals surface area contributed by atoms with Gasteiger partial charge in [-0.3, -0.25) is 0 Å². The summed E-state index contributed by atoms with van der Waals surface area (Å²) < 4.78 is 0. The van der Waals surface area contributed by atoms with Crippen LogP contribution >= 0.6 is 0 Å². The van der Waals surface area contributed by atoms with E-state index in [1.165, 1.54) is 45.1 Å². The molecule has 1 atom stereocenters. The van der Waals surface area contributed by atoms with Crippen LogP contribution in [0.3, 0.4) is 0 Å². The van der Waals surface area contributed by atoms with Gasteiger partial charge < -0.3 is 9.69 Å². The summed E-state index contributed by atoms with van der Waals surface area (Å²) in [6.45, 7) is 10.4. The van der Waals surface area contributed by atoms with Crippen LogP contribution in [0, 0.1) is 16.7 Å². The third kappa shape index (κ3) is 3.14. The fourth-order valence-electron chi connectivity index (χ4n) is 3.70. The molecule has 1 saturated carbocycles. The summed E-state index contributed by atoms with van der Waals surface area (Å²) in [6, 6.07) is 0. The Balaban J connectivity index is 1.92. The molecule has 2 nitrogen and oxygen atoms in total. The van der Waals surface area contributed by atoms with Crippen molar-refractivity contribution in [1.82, 2.24) is 4.90 Å². The van der Waals surface area contributed by atoms with Gasteiger partial charge >= 0.3 is 0 Å². The van der Waals surface area contributed by atoms with Crippen LogP contribution in [0.5, 0.6) is 0 Å². The molecule has 2 heteroatoms. The number of carbonyl (C=O) groups is 1. The normalized spacial score (nSPS) is 29.4. The van der Waals surface area contributed by atoms with E-state index in [4.69, 9.17) is 0 Å². The van der Waals surface area contributed by atoms with Crippen molar-refractivity contribution in [2.45, 2.75) is 59.3 Å². The molecule has 0 radical (unpaired) electrons. The number of hydrogen-bond donors (Lipinski definition) is 0. The van der Waals surface area contributed by atoms with Gasteiger partial charge in [-0.05, 0) is 37.1 Å². The second-order valence-corrected chi connectivity index (χ2v) is 7.63. The van der Waals surface area contributed by atoms with Crippen LogP contribution in [-0.4, -0.2) is 30.8 Å². The molecule has 1 saturated heterocycles. The van der Waals surface area contributed by atoms with E-state index in [2.05, 4.69) is 25.7 Å². The molecule has 0 aromatic heterocycles. The molecule has 2 aliphatic rings. The molecule has 0 N–H and O–H groups in total. The molecular weight excluding hydrogens is 222 g/mol. The van der Waals surface area contributed by atoms with Gasteiger partial charge in [-0.2, -0.15) is 0 Å². The quantitative estimate of drug-likeness (QED) is 0.716. The van der Waals surface area contributed by atoms with Gasteiger partial charge in [-0.15, -0.1) is 0 Å². The SMILES string of the molecule is CC(C)(C)C1CCN(CC2(C=O)CCCCC2)C1. The van der Waals surface area contributed by atoms with Crippen molar-refractivity contribution in [3.8, 4) is 0 Å². The molecule has 1 aliphatic heterocycles. The van der Waals surface area contributed by atoms with Crippen LogP contribution in [0.1, 0.15) is 59.3 Å². The van der Waals surface area contributed by atoms with Gasteiger partial charge in [0.1, 0.15) is 6.29 Å². The lowest BCUT2D eigenvalue weighted by molar-refractivity contribution is -0.119. The Morgan fingerprint density at radius 2 is 1.89 bits per heavy atom. The topological polar surface area (TPSA) is 20.3 Å². The predicted molar refractivity (Wildman–Crippen MR) is 75.6 cm³/mol. The first-order valence-electron chi connectivity index (χ1n) is 7.64. The summed E-state index contributed by atoms with van der Waals surface area (Å²) in [6.07, 6.45) is 8.63. The fraction of sp³-hybridized carbons (Fsp3) is 0.938. The number of likely N-dealkylation sites (tertiary alicyclic amines) is 1. The van der Waals surface area contributed by atoms with Gasteiger partial charge in [0.2, 0.25) is 0 Å². The highest BCUT2D eigenvalue weighted by atomic mass is 16.1. The standard InChI is InChI=1S/C16H29NO/c1-15(2,3)14-7-10-17(11-14)12-16(13-18)8-5-4-6-9-16/h13-14H,4-12H2,1-3H3. The Labute approximate surface area is 112 Å². The van der Waals surface area contributed by atoms with Crippen LogP contribution in [0.2, 0.25) is 0 Å². The van der Waals surface area contributed by atoms with E-state index in [0.717, 1.165) is 25.3 Å². The highest BCUT2D eigenvalue weighted by Crippen LogP contribution is 2.39. The number of aldehydes is 1. The van der Waals surface area contributed by atoms with Crippen molar-refractivity contribution in [2.24, 2.45) is 16.7 Å². The van der Waals surface area contributed by atoms with Crippen LogP contribution in [0.4, 0.5) is 0 Å². The molecule has 0 spiro atoms. The highest BCUT2D eigenvalue weighted by molar-refractivity contribution is 5.60. The molecule has 1 aliphatic carbocycles. The van der Waals surface area contributed by atoms with Crippen molar-refractivity contribution in [1.29, 1.82) is 0 Å². The van der Waals surface area contributed by atoms with Gasteiger partial charge in [-0.25, -0.2) is 0 Å². The first kappa shape index (κ1) is 14.0. The molecule has 1 heterocycles. The number of rotatable bonds is 3. The van der Waals surface area contributed by atoms with Crippen molar-refractivity contribution in [2.75, 3.05) is 19.6 Å². The minimum Gasteiger partial charge on any atom is -0.303 e. The minimum atomic E-state index is -0.00890. The molecular formula is C16H29NO. The van der Waals surface area contributed by atoms with Gasteiger partial charge in [0.25, 0.3) is 0 Å². The van der Waals surface area contributed by atoms with Crippen LogP contribution in [-0.2, 0) is 4.79 Å². The number of nitrogens with zero attached hydrogens (tertiary/aromatic N) is 1. The third-order valence-electron chi connectivity index (χ3n) is 5.13. The molecule has 18 heavy (non-hydrogen) atoms. The first-order chi connectivity index (χ1) is 8.45. The van der Waals surface area contributed by atoms with Crippen LogP contribution < -0.4 is 0 Å². The zero-order chi connectivity index (χ0) is 13.2. The van der Waals surface area contributed by atoms with Gasteiger partial charge in [0.05, 0.1) is 0 Å². The van der Waals surface area contributed by atoms with Crippen LogP contribution in [0.15, 0.2) is 0 Å². The maximum absolute atomic E-state index is 11.5. The van der Waals surface area contributed by atoms with E-state index in [1.54, 1.807) is 0 Å². The number of hydrogen-bond acceptors (Lipinski definition) is 2. The molecule has 1 unspecified atom stereocenters. The fourth-order valence-corrected chi connectivity index (χ4v) is 3.70. The molecule has 2 fully saturated rings. The summed E-state index contributed by atoms with van der Waals surface area (Å²) in [5.74, 6) is 0.796. The summed E-state index contributed by atoms with van der Waals surface area (Å²) >= 11 is 0. The van der Waals surface area contributed by atoms with E-state index in [0.29, 0.717) is 5.41 Å². The average Bonchev–Trinajstić information content (AvgIpc) is 2.78. The van der Waals surface area contributed by atoms with Gasteiger partial charge in [0.15, 0.2) is 0 Å². The molecule has 0 bridgehead atoms. The second-order valence-electron chi connectivity index (χ2n) is 7.63. The van der Waals surface area contributed by atoms with E-state index in [-0.39, 0.29) is 5.41 Å². The summed E-state index contributed by atoms with van der Waals surface area (Å²) in [4.78, 5) is 14.1. The Morgan fingerprint density at radius 1 is 1.22 bits per heavy atom. The Hall–Kier alpha value is -0.370. The molecule has 0 aromatic rings. The summed E-state index contributed by atoms with van der Waals surface area (Å²) in [5.41, 5.74) is 0.403. The monoisotopic (exact) mass is 251 g/mol. The molecule has 2 rings (SSSR count). The van der Waals surface area contributed by atoms with Crippen molar-refractivity contribution in [3.63, 3.8) is 0 Å². The predicted octanol–water partition coefficient (Wildman–Crippen LogP) is 3.50. The first-order valence-corrected chi connectivity index (χ1v) is 7.64. The van der Waals surface area contributed by atoms with E-state index in [1.807, 2.05) is 0 Å². The van der Waals surface area contributed by atoms with Crippen molar-refractivity contribution < 1.29 is 4.79 Å². The molecule has 0 aromatic carbocycles. The summed E-state index contributed by atoms with van der Waals surface area (Å²) in [5, 5.41) is 0. The maximum Gasteiger partial charge on any atom is 0.127 e. The zero-order valence-corrected chi connectivity index (χ0v) is 12.4. The van der Waals surface area contributed by atoms with Crippen molar-refractivity contribution in [3.05, 3.63) is 0 Å². The highest BCUT2D eigenvalue weighted by Gasteiger charge is 2.38. The summed E-state index contributed by atoms with van der Waals surface area (Å²) in [7, 11) is 0. The van der Waals surface area contributed by atoms with E-state index in [9.17, 15) is 4.79 Å². The largest absolute Gasteiger partial charge is 0.303 e.